The van der Waals surface area contributed by atoms with Crippen LogP contribution >= 0.6 is 11.6 Å². The minimum atomic E-state index is -4.50. The molecule has 0 aliphatic carbocycles. The molecule has 1 aromatic rings. The number of rotatable bonds is 2. The molecule has 2 N–H and O–H groups in total. The molecule has 0 bridgehead atoms. The number of nitriles is 2. The molecule has 0 fully saturated rings. The molecule has 0 radical (unpaired) electrons. The summed E-state index contributed by atoms with van der Waals surface area (Å²) in [5, 5.41) is 17.0. The molecule has 0 amide bonds. The zero-order chi connectivity index (χ0) is 15.3. The number of halogens is 4. The highest BCUT2D eigenvalue weighted by Gasteiger charge is 2.30. The van der Waals surface area contributed by atoms with E-state index in [4.69, 9.17) is 27.9 Å². The molecule has 8 heteroatoms. The number of allylic oxidation sites excluding steroid dienone is 2. The van der Waals surface area contributed by atoms with Gasteiger partial charge in [-0.2, -0.15) is 23.7 Å². The van der Waals surface area contributed by atoms with Gasteiger partial charge < -0.3 is 5.73 Å². The van der Waals surface area contributed by atoms with Crippen LogP contribution in [0.3, 0.4) is 0 Å². The van der Waals surface area contributed by atoms with Crippen LogP contribution in [-0.4, -0.2) is 6.21 Å². The van der Waals surface area contributed by atoms with Gasteiger partial charge in [-0.05, 0) is 12.1 Å². The Balaban J connectivity index is 3.14. The highest BCUT2D eigenvalue weighted by Crippen LogP contribution is 2.31. The van der Waals surface area contributed by atoms with Crippen LogP contribution in [0.15, 0.2) is 34.6 Å². The minimum Gasteiger partial charge on any atom is -0.388 e. The zero-order valence-corrected chi connectivity index (χ0v) is 10.5. The molecule has 1 aromatic carbocycles. The number of alkyl halides is 3. The molecule has 0 unspecified atom stereocenters. The number of benzene rings is 1. The average molecular weight is 299 g/mol. The molecule has 4 nitrogen and oxygen atoms in total. The van der Waals surface area contributed by atoms with Crippen LogP contribution in [0, 0.1) is 22.7 Å². The fraction of sp³-hybridized carbons (Fsp3) is 0.0833. The van der Waals surface area contributed by atoms with E-state index in [0.29, 0.717) is 0 Å². The summed E-state index contributed by atoms with van der Waals surface area (Å²) in [4.78, 5) is 3.62. The molecule has 1 rings (SSSR count). The Morgan fingerprint density at radius 2 is 1.95 bits per heavy atom. The lowest BCUT2D eigenvalue weighted by atomic mass is 10.1. The first kappa shape index (κ1) is 15.5. The molecule has 102 valence electrons. The molecule has 0 aliphatic rings. The van der Waals surface area contributed by atoms with Crippen molar-refractivity contribution in [2.45, 2.75) is 6.18 Å². The van der Waals surface area contributed by atoms with E-state index in [9.17, 15) is 13.2 Å². The van der Waals surface area contributed by atoms with Crippen LogP contribution in [0.1, 0.15) is 11.1 Å². The predicted octanol–water partition coefficient (Wildman–Crippen LogP) is 3.00. The molecule has 0 spiro atoms. The molecular weight excluding hydrogens is 293 g/mol. The van der Waals surface area contributed by atoms with E-state index in [1.54, 1.807) is 6.07 Å². The van der Waals surface area contributed by atoms with Gasteiger partial charge in [0.15, 0.2) is 5.70 Å². The third-order valence-corrected chi connectivity index (χ3v) is 2.47. The minimum absolute atomic E-state index is 0.165. The number of aliphatic imine (C=N–C) groups is 1. The second kappa shape index (κ2) is 6.09. The van der Waals surface area contributed by atoms with Gasteiger partial charge in [-0.1, -0.05) is 17.7 Å². The molecule has 20 heavy (non-hydrogen) atoms. The quantitative estimate of drug-likeness (QED) is 0.672. The SMILES string of the molecule is N#C/C(N)=C(\C#N)N=Cc1ccc(C(F)(F)F)cc1Cl. The van der Waals surface area contributed by atoms with Crippen LogP contribution in [0.5, 0.6) is 0 Å². The lowest BCUT2D eigenvalue weighted by Gasteiger charge is -2.07. The van der Waals surface area contributed by atoms with E-state index in [-0.39, 0.29) is 16.3 Å². The van der Waals surface area contributed by atoms with Gasteiger partial charge in [0.1, 0.15) is 17.8 Å². The van der Waals surface area contributed by atoms with Crippen LogP contribution in [-0.2, 0) is 6.18 Å². The van der Waals surface area contributed by atoms with E-state index >= 15 is 0 Å². The third-order valence-electron chi connectivity index (χ3n) is 2.14. The van der Waals surface area contributed by atoms with Gasteiger partial charge in [0.25, 0.3) is 0 Å². The second-order valence-electron chi connectivity index (χ2n) is 3.48. The summed E-state index contributed by atoms with van der Waals surface area (Å²) in [6.45, 7) is 0. The van der Waals surface area contributed by atoms with Gasteiger partial charge in [0.05, 0.1) is 5.56 Å². The van der Waals surface area contributed by atoms with Crippen LogP contribution < -0.4 is 5.73 Å². The van der Waals surface area contributed by atoms with Crippen LogP contribution in [0.4, 0.5) is 13.2 Å². The Hall–Kier alpha value is -2.51. The van der Waals surface area contributed by atoms with Gasteiger partial charge in [0.2, 0.25) is 0 Å². The molecule has 0 atom stereocenters. The van der Waals surface area contributed by atoms with Crippen molar-refractivity contribution in [1.29, 1.82) is 10.5 Å². The molecule has 0 aromatic heterocycles. The van der Waals surface area contributed by atoms with Crippen LogP contribution in [0.2, 0.25) is 5.02 Å². The Morgan fingerprint density at radius 3 is 2.40 bits per heavy atom. The van der Waals surface area contributed by atoms with Crippen molar-refractivity contribution in [2.24, 2.45) is 10.7 Å². The monoisotopic (exact) mass is 298 g/mol. The summed E-state index contributed by atoms with van der Waals surface area (Å²) in [5.41, 5.74) is 3.74. The number of nitrogens with two attached hydrogens (primary N) is 1. The molecule has 0 heterocycles. The standard InChI is InChI=1S/C12H6ClF3N4/c13-9-3-8(12(14,15)16)2-1-7(9)6-20-11(5-18)10(19)4-17/h1-3,6H,19H2/b11-10-,20-6?. The average Bonchev–Trinajstić information content (AvgIpc) is 2.39. The summed E-state index contributed by atoms with van der Waals surface area (Å²) in [6, 6.07) is 5.80. The van der Waals surface area contributed by atoms with Crippen molar-refractivity contribution < 1.29 is 13.2 Å². The van der Waals surface area contributed by atoms with E-state index in [2.05, 4.69) is 4.99 Å². The Morgan fingerprint density at radius 1 is 1.30 bits per heavy atom. The smallest absolute Gasteiger partial charge is 0.388 e. The largest absolute Gasteiger partial charge is 0.416 e. The maximum Gasteiger partial charge on any atom is 0.416 e. The maximum absolute atomic E-state index is 12.4. The van der Waals surface area contributed by atoms with Gasteiger partial charge >= 0.3 is 6.18 Å². The lowest BCUT2D eigenvalue weighted by Crippen LogP contribution is -2.05. The number of hydrogen-bond donors (Lipinski definition) is 1. The Labute approximate surface area is 117 Å². The Bertz CT molecular complexity index is 663. The first-order chi connectivity index (χ1) is 9.29. The summed E-state index contributed by atoms with van der Waals surface area (Å²) in [6.07, 6.45) is -3.44. The lowest BCUT2D eigenvalue weighted by molar-refractivity contribution is -0.137. The first-order valence-corrected chi connectivity index (χ1v) is 5.38. The fourth-order valence-electron chi connectivity index (χ4n) is 1.15. The van der Waals surface area contributed by atoms with Crippen molar-refractivity contribution in [1.82, 2.24) is 0 Å². The molecule has 0 saturated heterocycles. The number of nitrogens with zero attached hydrogens (tertiary/aromatic N) is 3. The van der Waals surface area contributed by atoms with Gasteiger partial charge in [-0.25, -0.2) is 4.99 Å². The normalized spacial score (nSPS) is 12.7. The van der Waals surface area contributed by atoms with E-state index in [1.165, 1.54) is 6.07 Å². The van der Waals surface area contributed by atoms with Gasteiger partial charge in [-0.3, -0.25) is 0 Å². The fourth-order valence-corrected chi connectivity index (χ4v) is 1.38. The highest BCUT2D eigenvalue weighted by atomic mass is 35.5. The molecular formula is C12H6ClF3N4. The number of hydrogen-bond acceptors (Lipinski definition) is 4. The summed E-state index contributed by atoms with van der Waals surface area (Å²) < 4.78 is 37.3. The van der Waals surface area contributed by atoms with Crippen molar-refractivity contribution >= 4 is 17.8 Å². The van der Waals surface area contributed by atoms with E-state index < -0.39 is 17.4 Å². The molecule has 0 aliphatic heterocycles. The van der Waals surface area contributed by atoms with Crippen molar-refractivity contribution in [3.05, 3.63) is 45.7 Å². The van der Waals surface area contributed by atoms with Crippen molar-refractivity contribution in [3.8, 4) is 12.1 Å². The van der Waals surface area contributed by atoms with Gasteiger partial charge in [-0.15, -0.1) is 0 Å². The Kier molecular flexibility index (Phi) is 4.73. The van der Waals surface area contributed by atoms with Crippen LogP contribution in [0.25, 0.3) is 0 Å². The van der Waals surface area contributed by atoms with Gasteiger partial charge in [0, 0.05) is 16.8 Å². The topological polar surface area (TPSA) is 86.0 Å². The summed E-state index contributed by atoms with van der Waals surface area (Å²) in [7, 11) is 0. The summed E-state index contributed by atoms with van der Waals surface area (Å²) >= 11 is 5.69. The summed E-state index contributed by atoms with van der Waals surface area (Å²) in [5.74, 6) is 0. The van der Waals surface area contributed by atoms with E-state index in [0.717, 1.165) is 24.4 Å². The predicted molar refractivity (Wildman–Crippen MR) is 66.5 cm³/mol. The second-order valence-corrected chi connectivity index (χ2v) is 3.89. The third kappa shape index (κ3) is 3.74. The van der Waals surface area contributed by atoms with Crippen molar-refractivity contribution in [3.63, 3.8) is 0 Å². The highest BCUT2D eigenvalue weighted by molar-refractivity contribution is 6.33. The van der Waals surface area contributed by atoms with Crippen molar-refractivity contribution in [2.75, 3.05) is 0 Å². The molecule has 0 saturated carbocycles. The maximum atomic E-state index is 12.4. The zero-order valence-electron chi connectivity index (χ0n) is 9.74. The van der Waals surface area contributed by atoms with E-state index in [1.807, 2.05) is 0 Å². The first-order valence-electron chi connectivity index (χ1n) is 5.00.